The fourth-order valence-electron chi connectivity index (χ4n) is 13.1. The van der Waals surface area contributed by atoms with E-state index in [2.05, 4.69) is 53.2 Å². The van der Waals surface area contributed by atoms with Gasteiger partial charge in [-0.1, -0.05) is 177 Å². The van der Waals surface area contributed by atoms with Gasteiger partial charge in [-0.3, -0.25) is 47.9 Å². The molecular weight excluding hydrogens is 1330 g/mol. The van der Waals surface area contributed by atoms with Gasteiger partial charge in [0.15, 0.2) is 0 Å². The SMILES string of the molecule is CC(C)C[C@@H]1NC(=O)[C@H](CCCCNC(=O)OCc2ccccc2)NC(=O)[C@H](C(C)C)NC(=O)[C@@H]2CCCN2C(=O)[C@@H](Cc2ccccc2)NC(=O)[C@H](CC(C)C)NC(=O)[C@H](CCCCNC(=O)OCc2ccccc2)NC(=O)[C@H](C(C)C)NC(=O)[C@@H]2CCCN2C(=O)[C@@H](Cc2ccccc2)NC1=O. The fraction of sp³-hybridized carbons (Fsp3) is 0.538. The van der Waals surface area contributed by atoms with Crippen molar-refractivity contribution >= 4 is 71.3 Å². The minimum Gasteiger partial charge on any atom is -0.445 e. The van der Waals surface area contributed by atoms with Crippen molar-refractivity contribution in [1.29, 1.82) is 0 Å². The first kappa shape index (κ1) is 81.4. The third kappa shape index (κ3) is 25.8. The van der Waals surface area contributed by atoms with Crippen molar-refractivity contribution in [3.63, 3.8) is 0 Å². The van der Waals surface area contributed by atoms with Crippen molar-refractivity contribution in [2.24, 2.45) is 23.7 Å². The van der Waals surface area contributed by atoms with Gasteiger partial charge in [0.05, 0.1) is 0 Å². The van der Waals surface area contributed by atoms with Crippen LogP contribution in [-0.2, 0) is 83.5 Å². The molecule has 10 N–H and O–H groups in total. The maximum atomic E-state index is 15.2. The van der Waals surface area contributed by atoms with Gasteiger partial charge in [0.2, 0.25) is 59.1 Å². The third-order valence-corrected chi connectivity index (χ3v) is 18.7. The molecule has 10 atom stereocenters. The highest BCUT2D eigenvalue weighted by Crippen LogP contribution is 2.24. The number of unbranched alkanes of at least 4 members (excludes halogenated alkanes) is 2. The molecule has 3 heterocycles. The lowest BCUT2D eigenvalue weighted by Gasteiger charge is -2.33. The van der Waals surface area contributed by atoms with E-state index in [9.17, 15) is 47.9 Å². The zero-order valence-electron chi connectivity index (χ0n) is 61.4. The molecular formula is C78H108N12O14. The second-order valence-electron chi connectivity index (χ2n) is 28.8. The molecule has 3 saturated heterocycles. The van der Waals surface area contributed by atoms with Crippen LogP contribution >= 0.6 is 0 Å². The number of amides is 12. The molecule has 26 heteroatoms. The minimum absolute atomic E-state index is 0.00335. The monoisotopic (exact) mass is 1440 g/mol. The first-order valence-corrected chi connectivity index (χ1v) is 36.9. The molecule has 3 aliphatic heterocycles. The van der Waals surface area contributed by atoms with Crippen LogP contribution in [0.2, 0.25) is 0 Å². The van der Waals surface area contributed by atoms with Crippen molar-refractivity contribution in [2.45, 2.75) is 219 Å². The maximum absolute atomic E-state index is 15.2. The second-order valence-corrected chi connectivity index (χ2v) is 28.8. The highest BCUT2D eigenvalue weighted by molar-refractivity contribution is 6.00. The number of nitrogens with zero attached hydrogens (tertiary/aromatic N) is 2. The number of nitrogens with one attached hydrogen (secondary N) is 10. The van der Waals surface area contributed by atoms with Gasteiger partial charge in [-0.2, -0.15) is 0 Å². The van der Waals surface area contributed by atoms with Crippen molar-refractivity contribution in [3.05, 3.63) is 144 Å². The summed E-state index contributed by atoms with van der Waals surface area (Å²) in [5.74, 6) is -8.54. The molecule has 12 amide bonds. The Morgan fingerprint density at radius 3 is 1.02 bits per heavy atom. The van der Waals surface area contributed by atoms with Crippen LogP contribution in [0.1, 0.15) is 155 Å². The predicted molar refractivity (Wildman–Crippen MR) is 391 cm³/mol. The van der Waals surface area contributed by atoms with Crippen LogP contribution in [0.25, 0.3) is 0 Å². The van der Waals surface area contributed by atoms with Gasteiger partial charge in [0.1, 0.15) is 73.6 Å². The summed E-state index contributed by atoms with van der Waals surface area (Å²) >= 11 is 0. The Balaban J connectivity index is 1.22. The average Bonchev–Trinajstić information content (AvgIpc) is 1.55. The molecule has 0 saturated carbocycles. The average molecular weight is 1440 g/mol. The number of benzene rings is 4. The Kier molecular flexibility index (Phi) is 32.4. The zero-order chi connectivity index (χ0) is 75.2. The number of fused-ring (bicyclic) bond motifs is 2. The maximum Gasteiger partial charge on any atom is 0.407 e. The van der Waals surface area contributed by atoms with E-state index in [-0.39, 0.29) is 115 Å². The number of hydrogen-bond donors (Lipinski definition) is 10. The molecule has 0 aliphatic carbocycles. The van der Waals surface area contributed by atoms with Crippen LogP contribution in [0.15, 0.2) is 121 Å². The molecule has 26 nitrogen and oxygen atoms in total. The van der Waals surface area contributed by atoms with Crippen LogP contribution in [0.4, 0.5) is 9.59 Å². The van der Waals surface area contributed by atoms with Crippen LogP contribution < -0.4 is 53.2 Å². The van der Waals surface area contributed by atoms with Gasteiger partial charge in [-0.15, -0.1) is 0 Å². The van der Waals surface area contributed by atoms with E-state index < -0.39 is 144 Å². The summed E-state index contributed by atoms with van der Waals surface area (Å²) in [5, 5.41) is 28.6. The lowest BCUT2D eigenvalue weighted by atomic mass is 9.98. The molecule has 7 rings (SSSR count). The van der Waals surface area contributed by atoms with Crippen molar-refractivity contribution in [3.8, 4) is 0 Å². The van der Waals surface area contributed by atoms with Gasteiger partial charge in [-0.05, 0) is 123 Å². The quantitative estimate of drug-likeness (QED) is 0.0363. The number of alkyl carbamates (subject to hydrolysis) is 2. The number of ether oxygens (including phenoxy) is 2. The van der Waals surface area contributed by atoms with Gasteiger partial charge >= 0.3 is 12.2 Å². The molecule has 564 valence electrons. The summed E-state index contributed by atoms with van der Waals surface area (Å²) in [5.41, 5.74) is 2.93. The predicted octanol–water partition coefficient (Wildman–Crippen LogP) is 5.94. The van der Waals surface area contributed by atoms with E-state index in [1.165, 1.54) is 9.80 Å². The molecule has 3 aliphatic rings. The summed E-state index contributed by atoms with van der Waals surface area (Å²) < 4.78 is 10.8. The molecule has 0 spiro atoms. The number of hydrogen-bond acceptors (Lipinski definition) is 14. The third-order valence-electron chi connectivity index (χ3n) is 18.7. The van der Waals surface area contributed by atoms with Crippen LogP contribution in [0.3, 0.4) is 0 Å². The minimum atomic E-state index is -1.32. The topological polar surface area (TPSA) is 350 Å². The summed E-state index contributed by atoms with van der Waals surface area (Å²) in [4.78, 5) is 178. The number of carbonyl (C=O) groups excluding carboxylic acids is 12. The first-order chi connectivity index (χ1) is 49.8. The molecule has 0 radical (unpaired) electrons. The standard InChI is InChI=1S/C78H108N12O14/c1-49(2)43-59-69(93)85-61(45-53-27-13-9-14-28-53)75(99)89-41-25-37-63(89)71(95)88-66(52(7)8)74(98)82-58(36-22-24-40-80-78(102)104-48-56-33-19-12-20-34-56)68(92)84-60(44-50(3)4)70(94)86-62(46-54-29-15-10-16-30-54)76(100)90-42-26-38-64(90)72(96)87-65(51(5)6)73(97)81-57(67(91)83-59)35-21-23-39-79-77(101)103-47-55-31-17-11-18-32-55/h9-20,27-34,49-52,57-66H,21-26,35-48H2,1-8H3,(H,79,101)(H,80,102)(H,81,97)(H,82,98)(H,83,91)(H,84,92)(H,85,93)(H,86,94)(H,87,96)(H,88,95)/t57-,58-,59-,60-,61+,62+,63-,64-,65-,66-/m0/s1. The highest BCUT2D eigenvalue weighted by atomic mass is 16.6. The van der Waals surface area contributed by atoms with Crippen LogP contribution in [0, 0.1) is 23.7 Å². The van der Waals surface area contributed by atoms with E-state index in [4.69, 9.17) is 9.47 Å². The van der Waals surface area contributed by atoms with E-state index in [1.807, 2.05) is 88.4 Å². The van der Waals surface area contributed by atoms with Crippen molar-refractivity contribution in [1.82, 2.24) is 63.0 Å². The Bertz CT molecular complexity index is 3270. The summed E-state index contributed by atoms with van der Waals surface area (Å²) in [6.45, 7) is 14.8. The van der Waals surface area contributed by atoms with Crippen LogP contribution in [0.5, 0.6) is 0 Å². The Labute approximate surface area is 610 Å². The lowest BCUT2D eigenvalue weighted by molar-refractivity contribution is -0.143. The fourth-order valence-corrected chi connectivity index (χ4v) is 13.1. The Morgan fingerprint density at radius 1 is 0.385 bits per heavy atom. The molecule has 104 heavy (non-hydrogen) atoms. The largest absolute Gasteiger partial charge is 0.445 e. The highest BCUT2D eigenvalue weighted by Gasteiger charge is 2.44. The van der Waals surface area contributed by atoms with Gasteiger partial charge in [0.25, 0.3) is 0 Å². The van der Waals surface area contributed by atoms with Gasteiger partial charge in [-0.25, -0.2) is 9.59 Å². The Morgan fingerprint density at radius 2 is 0.692 bits per heavy atom. The van der Waals surface area contributed by atoms with Gasteiger partial charge < -0.3 is 72.4 Å². The van der Waals surface area contributed by atoms with E-state index in [1.54, 1.807) is 88.4 Å². The number of carbonyl (C=O) groups is 12. The normalized spacial score (nSPS) is 23.2. The summed E-state index contributed by atoms with van der Waals surface area (Å²) in [7, 11) is 0. The smallest absolute Gasteiger partial charge is 0.407 e. The van der Waals surface area contributed by atoms with E-state index >= 15 is 9.59 Å². The van der Waals surface area contributed by atoms with E-state index in [0.717, 1.165) is 11.1 Å². The molecule has 0 bridgehead atoms. The zero-order valence-corrected chi connectivity index (χ0v) is 61.4. The van der Waals surface area contributed by atoms with Crippen molar-refractivity contribution < 1.29 is 67.0 Å². The lowest BCUT2D eigenvalue weighted by Crippen LogP contribution is -2.62. The summed E-state index contributed by atoms with van der Waals surface area (Å²) in [6, 6.07) is 23.6. The van der Waals surface area contributed by atoms with Crippen LogP contribution in [-0.4, -0.2) is 168 Å². The van der Waals surface area contributed by atoms with Crippen molar-refractivity contribution in [2.75, 3.05) is 26.2 Å². The first-order valence-electron chi connectivity index (χ1n) is 36.9. The molecule has 4 aromatic rings. The molecule has 3 fully saturated rings. The van der Waals surface area contributed by atoms with E-state index in [0.29, 0.717) is 36.8 Å². The molecule has 0 aromatic heterocycles. The van der Waals surface area contributed by atoms with Gasteiger partial charge in [0, 0.05) is 39.0 Å². The number of rotatable bonds is 24. The second kappa shape index (κ2) is 41.4. The Hall–Kier alpha value is -9.88. The molecule has 0 unspecified atom stereocenters. The molecule has 4 aromatic carbocycles. The summed E-state index contributed by atoms with van der Waals surface area (Å²) in [6.07, 6.45) is 1.12.